The van der Waals surface area contributed by atoms with Gasteiger partial charge in [0, 0.05) is 17.1 Å². The van der Waals surface area contributed by atoms with E-state index in [0.717, 1.165) is 16.4 Å². The molecule has 0 bridgehead atoms. The van der Waals surface area contributed by atoms with Gasteiger partial charge in [-0.2, -0.15) is 0 Å². The predicted molar refractivity (Wildman–Crippen MR) is 65.7 cm³/mol. The van der Waals surface area contributed by atoms with Crippen LogP contribution in [0.15, 0.2) is 29.2 Å². The first-order valence-electron chi connectivity index (χ1n) is 5.31. The van der Waals surface area contributed by atoms with Crippen LogP contribution in [0.4, 0.5) is 0 Å². The molecule has 1 aliphatic heterocycles. The van der Waals surface area contributed by atoms with Crippen molar-refractivity contribution in [1.29, 1.82) is 0 Å². The number of benzene rings is 1. The van der Waals surface area contributed by atoms with E-state index in [1.54, 1.807) is 11.8 Å². The molecule has 0 saturated heterocycles. The van der Waals surface area contributed by atoms with Crippen LogP contribution in [0.25, 0.3) is 0 Å². The third-order valence-corrected chi connectivity index (χ3v) is 3.69. The number of terminal acetylenes is 1. The van der Waals surface area contributed by atoms with Gasteiger partial charge in [-0.05, 0) is 18.6 Å². The number of aliphatic hydroxyl groups is 1. The molecule has 0 fully saturated rings. The standard InChI is InChI=1S/C13H14O2S/c1-2-3-6-10(14)12-9-16-13-8-5-4-7-11(13)15-12/h1,4-5,7-8,10,12,14H,3,6,9H2. The molecule has 3 heteroatoms. The number of hydrogen-bond donors (Lipinski definition) is 1. The number of aliphatic hydroxyl groups excluding tert-OH is 1. The summed E-state index contributed by atoms with van der Waals surface area (Å²) in [7, 11) is 0. The van der Waals surface area contributed by atoms with E-state index >= 15 is 0 Å². The topological polar surface area (TPSA) is 29.5 Å². The van der Waals surface area contributed by atoms with Crippen molar-refractivity contribution in [2.24, 2.45) is 0 Å². The van der Waals surface area contributed by atoms with E-state index in [2.05, 4.69) is 5.92 Å². The Kier molecular flexibility index (Phi) is 3.76. The Hall–Kier alpha value is -1.11. The fourth-order valence-corrected chi connectivity index (χ4v) is 2.71. The van der Waals surface area contributed by atoms with Gasteiger partial charge in [0.05, 0.1) is 6.10 Å². The SMILES string of the molecule is C#CCCC(O)C1CSc2ccccc2O1. The van der Waals surface area contributed by atoms with Crippen molar-refractivity contribution in [1.82, 2.24) is 0 Å². The summed E-state index contributed by atoms with van der Waals surface area (Å²) >= 11 is 1.72. The van der Waals surface area contributed by atoms with Gasteiger partial charge < -0.3 is 9.84 Å². The Morgan fingerprint density at radius 3 is 3.19 bits per heavy atom. The van der Waals surface area contributed by atoms with Crippen molar-refractivity contribution in [2.45, 2.75) is 29.9 Å². The molecule has 0 saturated carbocycles. The summed E-state index contributed by atoms with van der Waals surface area (Å²) in [6.45, 7) is 0. The van der Waals surface area contributed by atoms with Crippen LogP contribution in [0.1, 0.15) is 12.8 Å². The van der Waals surface area contributed by atoms with Crippen LogP contribution in [-0.2, 0) is 0 Å². The molecule has 0 aliphatic carbocycles. The second kappa shape index (κ2) is 5.29. The molecule has 2 nitrogen and oxygen atoms in total. The monoisotopic (exact) mass is 234 g/mol. The normalized spacial score (nSPS) is 20.4. The van der Waals surface area contributed by atoms with Gasteiger partial charge in [-0.25, -0.2) is 0 Å². The van der Waals surface area contributed by atoms with Crippen molar-refractivity contribution < 1.29 is 9.84 Å². The molecule has 1 aromatic carbocycles. The fraction of sp³-hybridized carbons (Fsp3) is 0.385. The first kappa shape index (κ1) is 11.4. The largest absolute Gasteiger partial charge is 0.486 e. The van der Waals surface area contributed by atoms with E-state index in [0.29, 0.717) is 12.8 Å². The fourth-order valence-electron chi connectivity index (χ4n) is 1.64. The minimum atomic E-state index is -0.475. The van der Waals surface area contributed by atoms with Crippen LogP contribution >= 0.6 is 11.8 Å². The van der Waals surface area contributed by atoms with Crippen molar-refractivity contribution in [3.8, 4) is 18.1 Å². The Morgan fingerprint density at radius 2 is 2.38 bits per heavy atom. The van der Waals surface area contributed by atoms with E-state index in [9.17, 15) is 5.11 Å². The van der Waals surface area contributed by atoms with Crippen LogP contribution < -0.4 is 4.74 Å². The molecular weight excluding hydrogens is 220 g/mol. The molecule has 0 spiro atoms. The van der Waals surface area contributed by atoms with Crippen LogP contribution in [0.5, 0.6) is 5.75 Å². The van der Waals surface area contributed by atoms with Gasteiger partial charge in [0.2, 0.25) is 0 Å². The second-order valence-electron chi connectivity index (χ2n) is 3.72. The van der Waals surface area contributed by atoms with Gasteiger partial charge >= 0.3 is 0 Å². The van der Waals surface area contributed by atoms with Gasteiger partial charge in [-0.1, -0.05) is 12.1 Å². The third-order valence-electron chi connectivity index (χ3n) is 2.54. The number of rotatable bonds is 3. The quantitative estimate of drug-likeness (QED) is 0.814. The summed E-state index contributed by atoms with van der Waals surface area (Å²) in [6, 6.07) is 7.90. The van der Waals surface area contributed by atoms with Gasteiger partial charge in [-0.15, -0.1) is 24.1 Å². The number of thioether (sulfide) groups is 1. The maximum atomic E-state index is 9.90. The molecule has 0 amide bonds. The summed E-state index contributed by atoms with van der Waals surface area (Å²) in [6.07, 6.45) is 5.75. The molecule has 1 aliphatic rings. The Morgan fingerprint density at radius 1 is 1.56 bits per heavy atom. The van der Waals surface area contributed by atoms with Gasteiger partial charge in [0.1, 0.15) is 11.9 Å². The number of ether oxygens (including phenoxy) is 1. The molecule has 0 aromatic heterocycles. The maximum absolute atomic E-state index is 9.90. The summed E-state index contributed by atoms with van der Waals surface area (Å²) in [5.41, 5.74) is 0. The van der Waals surface area contributed by atoms with E-state index in [1.807, 2.05) is 24.3 Å². The average molecular weight is 234 g/mol. The maximum Gasteiger partial charge on any atom is 0.134 e. The highest BCUT2D eigenvalue weighted by atomic mass is 32.2. The highest BCUT2D eigenvalue weighted by Gasteiger charge is 2.26. The lowest BCUT2D eigenvalue weighted by atomic mass is 10.1. The zero-order valence-electron chi connectivity index (χ0n) is 8.93. The van der Waals surface area contributed by atoms with E-state index in [4.69, 9.17) is 11.2 Å². The van der Waals surface area contributed by atoms with Crippen molar-refractivity contribution in [3.63, 3.8) is 0 Å². The van der Waals surface area contributed by atoms with Crippen molar-refractivity contribution in [2.75, 3.05) is 5.75 Å². The van der Waals surface area contributed by atoms with Crippen LogP contribution in [0.2, 0.25) is 0 Å². The molecule has 2 atom stereocenters. The molecule has 1 N–H and O–H groups in total. The van der Waals surface area contributed by atoms with Gasteiger partial charge in [0.25, 0.3) is 0 Å². The number of para-hydroxylation sites is 1. The minimum absolute atomic E-state index is 0.145. The molecule has 0 radical (unpaired) electrons. The third kappa shape index (κ3) is 2.52. The molecule has 2 unspecified atom stereocenters. The zero-order valence-corrected chi connectivity index (χ0v) is 9.74. The minimum Gasteiger partial charge on any atom is -0.486 e. The molecule has 1 aromatic rings. The van der Waals surface area contributed by atoms with Gasteiger partial charge in [-0.3, -0.25) is 0 Å². The molecular formula is C13H14O2S. The highest BCUT2D eigenvalue weighted by Crippen LogP contribution is 2.36. The lowest BCUT2D eigenvalue weighted by Gasteiger charge is -2.28. The van der Waals surface area contributed by atoms with E-state index < -0.39 is 6.10 Å². The summed E-state index contributed by atoms with van der Waals surface area (Å²) < 4.78 is 5.75. The predicted octanol–water partition coefficient (Wildman–Crippen LogP) is 2.31. The molecule has 2 rings (SSSR count). The van der Waals surface area contributed by atoms with Crippen molar-refractivity contribution >= 4 is 11.8 Å². The lowest BCUT2D eigenvalue weighted by molar-refractivity contribution is 0.0419. The van der Waals surface area contributed by atoms with E-state index in [1.165, 1.54) is 0 Å². The summed E-state index contributed by atoms with van der Waals surface area (Å²) in [5.74, 6) is 4.18. The zero-order chi connectivity index (χ0) is 11.4. The smallest absolute Gasteiger partial charge is 0.134 e. The van der Waals surface area contributed by atoms with Crippen LogP contribution in [-0.4, -0.2) is 23.1 Å². The summed E-state index contributed by atoms with van der Waals surface area (Å²) in [4.78, 5) is 1.14. The Balaban J connectivity index is 2.00. The molecule has 84 valence electrons. The first-order valence-corrected chi connectivity index (χ1v) is 6.30. The summed E-state index contributed by atoms with van der Waals surface area (Å²) in [5, 5.41) is 9.90. The van der Waals surface area contributed by atoms with Gasteiger partial charge in [0.15, 0.2) is 0 Å². The van der Waals surface area contributed by atoms with Crippen molar-refractivity contribution in [3.05, 3.63) is 24.3 Å². The first-order chi connectivity index (χ1) is 7.81. The van der Waals surface area contributed by atoms with E-state index in [-0.39, 0.29) is 6.10 Å². The highest BCUT2D eigenvalue weighted by molar-refractivity contribution is 7.99. The van der Waals surface area contributed by atoms with Crippen LogP contribution in [0.3, 0.4) is 0 Å². The second-order valence-corrected chi connectivity index (χ2v) is 4.79. The van der Waals surface area contributed by atoms with Crippen LogP contribution in [0, 0.1) is 12.3 Å². The molecule has 1 heterocycles. The average Bonchev–Trinajstić information content (AvgIpc) is 2.35. The number of hydrogen-bond acceptors (Lipinski definition) is 3. The Bertz CT molecular complexity index is 397. The molecule has 16 heavy (non-hydrogen) atoms. The number of fused-ring (bicyclic) bond motifs is 1. The Labute approximate surface area is 100 Å². The lowest BCUT2D eigenvalue weighted by Crippen LogP contribution is -2.35.